The van der Waals surface area contributed by atoms with E-state index in [-0.39, 0.29) is 0 Å². The summed E-state index contributed by atoms with van der Waals surface area (Å²) in [5.41, 5.74) is 1.28. The van der Waals surface area contributed by atoms with Gasteiger partial charge in [-0.15, -0.1) is 0 Å². The Kier molecular flexibility index (Phi) is 3.15. The Hall–Kier alpha value is -1.65. The molecule has 0 bridgehead atoms. The lowest BCUT2D eigenvalue weighted by atomic mass is 9.70. The highest BCUT2D eigenvalue weighted by molar-refractivity contribution is 5.86. The molecule has 0 aromatic carbocycles. The van der Waals surface area contributed by atoms with Gasteiger partial charge in [0.25, 0.3) is 0 Å². The summed E-state index contributed by atoms with van der Waals surface area (Å²) in [5.74, 6) is 1.67. The molecule has 0 unspecified atom stereocenters. The van der Waals surface area contributed by atoms with Gasteiger partial charge in [0.1, 0.15) is 12.1 Å². The minimum absolute atomic E-state index is 0.399. The Balaban J connectivity index is 1.86. The predicted molar refractivity (Wildman–Crippen MR) is 80.5 cm³/mol. The van der Waals surface area contributed by atoms with Gasteiger partial charge in [-0.05, 0) is 30.6 Å². The van der Waals surface area contributed by atoms with E-state index in [1.54, 1.807) is 11.0 Å². The Bertz CT molecular complexity index is 616. The van der Waals surface area contributed by atoms with Crippen LogP contribution in [0.1, 0.15) is 40.0 Å². The third kappa shape index (κ3) is 2.49. The Morgan fingerprint density at radius 2 is 2.10 bits per heavy atom. The van der Waals surface area contributed by atoms with Crippen LogP contribution in [0.5, 0.6) is 0 Å². The molecule has 1 aliphatic carbocycles. The molecular formula is C15H23N5. The number of nitrogens with one attached hydrogen (secondary N) is 1. The van der Waals surface area contributed by atoms with E-state index in [9.17, 15) is 0 Å². The van der Waals surface area contributed by atoms with E-state index in [4.69, 9.17) is 0 Å². The topological polar surface area (TPSA) is 55.6 Å². The van der Waals surface area contributed by atoms with E-state index in [0.717, 1.165) is 22.8 Å². The fourth-order valence-corrected chi connectivity index (χ4v) is 3.73. The number of aryl methyl sites for hydroxylation is 1. The smallest absolute Gasteiger partial charge is 0.163 e. The summed E-state index contributed by atoms with van der Waals surface area (Å²) in [7, 11) is 1.91. The zero-order chi connectivity index (χ0) is 14.3. The van der Waals surface area contributed by atoms with E-state index in [1.807, 2.05) is 13.2 Å². The van der Waals surface area contributed by atoms with Crippen molar-refractivity contribution in [1.82, 2.24) is 19.7 Å². The van der Waals surface area contributed by atoms with Gasteiger partial charge in [-0.25, -0.2) is 9.97 Å². The molecule has 5 heteroatoms. The van der Waals surface area contributed by atoms with Crippen LogP contribution in [0, 0.1) is 11.3 Å². The molecule has 1 aliphatic rings. The maximum Gasteiger partial charge on any atom is 0.163 e. The summed E-state index contributed by atoms with van der Waals surface area (Å²) in [5, 5.41) is 8.89. The van der Waals surface area contributed by atoms with Crippen LogP contribution >= 0.6 is 0 Å². The molecule has 20 heavy (non-hydrogen) atoms. The molecular weight excluding hydrogens is 250 g/mol. The number of nitrogens with zero attached hydrogens (tertiary/aromatic N) is 4. The van der Waals surface area contributed by atoms with Crippen molar-refractivity contribution < 1.29 is 0 Å². The lowest BCUT2D eigenvalue weighted by Gasteiger charge is -2.39. The Morgan fingerprint density at radius 3 is 2.85 bits per heavy atom. The predicted octanol–water partition coefficient (Wildman–Crippen LogP) is 2.99. The highest BCUT2D eigenvalue weighted by Crippen LogP contribution is 2.39. The second-order valence-electron chi connectivity index (χ2n) is 6.98. The average molecular weight is 273 g/mol. The molecule has 1 saturated carbocycles. The molecule has 2 atom stereocenters. The van der Waals surface area contributed by atoms with E-state index in [0.29, 0.717) is 11.5 Å². The van der Waals surface area contributed by atoms with Gasteiger partial charge >= 0.3 is 0 Å². The quantitative estimate of drug-likeness (QED) is 0.914. The van der Waals surface area contributed by atoms with Crippen molar-refractivity contribution in [3.63, 3.8) is 0 Å². The average Bonchev–Trinajstić information content (AvgIpc) is 2.70. The van der Waals surface area contributed by atoms with E-state index >= 15 is 0 Å². The summed E-state index contributed by atoms with van der Waals surface area (Å²) < 4.78 is 1.79. The van der Waals surface area contributed by atoms with Crippen molar-refractivity contribution in [1.29, 1.82) is 0 Å². The Labute approximate surface area is 119 Å². The number of aromatic nitrogens is 4. The minimum Gasteiger partial charge on any atom is -0.367 e. The molecule has 2 heterocycles. The lowest BCUT2D eigenvalue weighted by molar-refractivity contribution is 0.178. The van der Waals surface area contributed by atoms with Crippen LogP contribution in [-0.4, -0.2) is 25.8 Å². The molecule has 3 rings (SSSR count). The standard InChI is InChI=1S/C15H23N5/c1-10-5-11(7-15(2,3)6-10)19-13-12-8-18-20(4)14(12)17-9-16-13/h8-11H,5-7H2,1-4H3,(H,16,17,19)/t10-,11-/m1/s1. The molecule has 1 N–H and O–H groups in total. The molecule has 2 aromatic rings. The summed E-state index contributed by atoms with van der Waals surface area (Å²) in [4.78, 5) is 8.70. The molecule has 2 aromatic heterocycles. The molecule has 0 aliphatic heterocycles. The fraction of sp³-hybridized carbons (Fsp3) is 0.667. The third-order valence-electron chi connectivity index (χ3n) is 4.26. The molecule has 0 radical (unpaired) electrons. The summed E-state index contributed by atoms with van der Waals surface area (Å²) in [6, 6.07) is 0.479. The molecule has 5 nitrogen and oxygen atoms in total. The number of hydrogen-bond acceptors (Lipinski definition) is 4. The highest BCUT2D eigenvalue weighted by Gasteiger charge is 2.32. The van der Waals surface area contributed by atoms with Crippen molar-refractivity contribution in [2.24, 2.45) is 18.4 Å². The number of fused-ring (bicyclic) bond motifs is 1. The number of anilines is 1. The van der Waals surface area contributed by atoms with Gasteiger partial charge < -0.3 is 5.32 Å². The molecule has 0 saturated heterocycles. The van der Waals surface area contributed by atoms with Crippen molar-refractivity contribution in [2.45, 2.75) is 46.1 Å². The minimum atomic E-state index is 0.399. The highest BCUT2D eigenvalue weighted by atomic mass is 15.3. The summed E-state index contributed by atoms with van der Waals surface area (Å²) in [6.07, 6.45) is 7.15. The molecule has 0 amide bonds. The SMILES string of the molecule is C[C@@H]1C[C@@H](Nc2ncnc3c2cnn3C)CC(C)(C)C1. The van der Waals surface area contributed by atoms with E-state index in [2.05, 4.69) is 41.2 Å². The maximum atomic E-state index is 4.41. The van der Waals surface area contributed by atoms with Crippen LogP contribution < -0.4 is 5.32 Å². The normalized spacial score (nSPS) is 25.8. The monoisotopic (exact) mass is 273 g/mol. The first-order chi connectivity index (χ1) is 9.44. The van der Waals surface area contributed by atoms with Crippen molar-refractivity contribution in [3.8, 4) is 0 Å². The van der Waals surface area contributed by atoms with Crippen molar-refractivity contribution >= 4 is 16.9 Å². The second kappa shape index (κ2) is 4.72. The van der Waals surface area contributed by atoms with Crippen molar-refractivity contribution in [3.05, 3.63) is 12.5 Å². The van der Waals surface area contributed by atoms with E-state index < -0.39 is 0 Å². The second-order valence-corrected chi connectivity index (χ2v) is 6.98. The van der Waals surface area contributed by atoms with Crippen LogP contribution in [0.2, 0.25) is 0 Å². The van der Waals surface area contributed by atoms with Gasteiger partial charge in [-0.1, -0.05) is 20.8 Å². The summed E-state index contributed by atoms with van der Waals surface area (Å²) in [6.45, 7) is 7.06. The maximum absolute atomic E-state index is 4.41. The van der Waals surface area contributed by atoms with Crippen LogP contribution in [-0.2, 0) is 7.05 Å². The first-order valence-corrected chi connectivity index (χ1v) is 7.34. The molecule has 1 fully saturated rings. The van der Waals surface area contributed by atoms with Gasteiger partial charge in [0.05, 0.1) is 11.6 Å². The van der Waals surface area contributed by atoms with Crippen molar-refractivity contribution in [2.75, 3.05) is 5.32 Å². The largest absolute Gasteiger partial charge is 0.367 e. The van der Waals surface area contributed by atoms with Gasteiger partial charge in [0.2, 0.25) is 0 Å². The van der Waals surface area contributed by atoms with E-state index in [1.165, 1.54) is 19.3 Å². The fourth-order valence-electron chi connectivity index (χ4n) is 3.73. The third-order valence-corrected chi connectivity index (χ3v) is 4.26. The summed E-state index contributed by atoms with van der Waals surface area (Å²) >= 11 is 0. The van der Waals surface area contributed by atoms with Crippen LogP contribution in [0.4, 0.5) is 5.82 Å². The zero-order valence-electron chi connectivity index (χ0n) is 12.7. The lowest BCUT2D eigenvalue weighted by Crippen LogP contribution is -2.35. The number of rotatable bonds is 2. The number of hydrogen-bond donors (Lipinski definition) is 1. The molecule has 108 valence electrons. The first-order valence-electron chi connectivity index (χ1n) is 7.34. The van der Waals surface area contributed by atoms with Gasteiger partial charge in [0, 0.05) is 13.1 Å². The van der Waals surface area contributed by atoms with Crippen LogP contribution in [0.25, 0.3) is 11.0 Å². The Morgan fingerprint density at radius 1 is 1.30 bits per heavy atom. The van der Waals surface area contributed by atoms with Gasteiger partial charge in [-0.2, -0.15) is 5.10 Å². The first kappa shape index (κ1) is 13.3. The van der Waals surface area contributed by atoms with Gasteiger partial charge in [-0.3, -0.25) is 4.68 Å². The van der Waals surface area contributed by atoms with Crippen LogP contribution in [0.3, 0.4) is 0 Å². The zero-order valence-corrected chi connectivity index (χ0v) is 12.7. The molecule has 0 spiro atoms. The van der Waals surface area contributed by atoms with Crippen LogP contribution in [0.15, 0.2) is 12.5 Å². The van der Waals surface area contributed by atoms with Gasteiger partial charge in [0.15, 0.2) is 5.65 Å².